The first kappa shape index (κ1) is 18.8. The van der Waals surface area contributed by atoms with Gasteiger partial charge in [0.25, 0.3) is 0 Å². The minimum atomic E-state index is -1.03. The Morgan fingerprint density at radius 2 is 1.84 bits per heavy atom. The molecule has 0 aliphatic carbocycles. The van der Waals surface area contributed by atoms with Gasteiger partial charge in [-0.1, -0.05) is 19.0 Å². The number of halogens is 1. The fourth-order valence-corrected chi connectivity index (χ4v) is 2.65. The summed E-state index contributed by atoms with van der Waals surface area (Å²) in [5.41, 5.74) is 0.620. The molecule has 0 bridgehead atoms. The number of aliphatic carboxylic acids is 1. The fraction of sp³-hybridized carbons (Fsp3) is 0.389. The van der Waals surface area contributed by atoms with Crippen LogP contribution in [-0.2, 0) is 4.79 Å². The Morgan fingerprint density at radius 1 is 1.24 bits per heavy atom. The molecule has 1 atom stereocenters. The molecule has 1 N–H and O–H groups in total. The van der Waals surface area contributed by atoms with E-state index in [1.165, 1.54) is 30.3 Å². The summed E-state index contributed by atoms with van der Waals surface area (Å²) in [6.07, 6.45) is 0.358. The molecule has 0 aliphatic rings. The van der Waals surface area contributed by atoms with E-state index in [0.717, 1.165) is 0 Å². The Bertz CT molecular complexity index is 766. The van der Waals surface area contributed by atoms with Gasteiger partial charge < -0.3 is 9.63 Å². The van der Waals surface area contributed by atoms with Crippen molar-refractivity contribution in [2.45, 2.75) is 26.3 Å². The van der Waals surface area contributed by atoms with E-state index in [-0.39, 0.29) is 21.9 Å². The van der Waals surface area contributed by atoms with Crippen LogP contribution in [0.5, 0.6) is 0 Å². The summed E-state index contributed by atoms with van der Waals surface area (Å²) in [5.74, 6) is -1.42. The fourth-order valence-electron chi connectivity index (χ4n) is 2.65. The van der Waals surface area contributed by atoms with Crippen LogP contribution in [0, 0.1) is 11.7 Å². The zero-order valence-corrected chi connectivity index (χ0v) is 14.7. The second-order valence-corrected chi connectivity index (χ2v) is 6.91. The summed E-state index contributed by atoms with van der Waals surface area (Å²) in [5, 5.41) is 13.3. The van der Waals surface area contributed by atoms with E-state index >= 15 is 0 Å². The number of hydrogen-bond donors (Lipinski definition) is 1. The summed E-state index contributed by atoms with van der Waals surface area (Å²) in [6, 6.07) is 6.15. The number of benzene rings is 1. The number of carboxylic acid groups (broad SMARTS) is 1. The van der Waals surface area contributed by atoms with Crippen molar-refractivity contribution >= 4 is 11.9 Å². The highest BCUT2D eigenvalue weighted by Gasteiger charge is 2.43. The average molecular weight is 349 g/mol. The van der Waals surface area contributed by atoms with E-state index in [1.54, 1.807) is 14.1 Å². The zero-order valence-electron chi connectivity index (χ0n) is 14.7. The maximum absolute atomic E-state index is 13.0. The van der Waals surface area contributed by atoms with Crippen molar-refractivity contribution in [2.24, 2.45) is 5.92 Å². The molecule has 7 heteroatoms. The Labute approximate surface area is 145 Å². The van der Waals surface area contributed by atoms with Gasteiger partial charge in [0.2, 0.25) is 5.69 Å². The topological polar surface area (TPSA) is 80.4 Å². The van der Waals surface area contributed by atoms with Gasteiger partial charge in [-0.25, -0.2) is 18.5 Å². The molecule has 0 saturated carbocycles. The van der Waals surface area contributed by atoms with Crippen LogP contribution in [0.4, 0.5) is 4.39 Å². The van der Waals surface area contributed by atoms with E-state index in [1.807, 2.05) is 13.8 Å². The van der Waals surface area contributed by atoms with Gasteiger partial charge in [-0.05, 0) is 30.2 Å². The number of quaternary nitrogens is 1. The molecule has 1 aromatic carbocycles. The molecule has 1 amide bonds. The first-order chi connectivity index (χ1) is 11.6. The summed E-state index contributed by atoms with van der Waals surface area (Å²) >= 11 is 0. The number of carboxylic acids is 1. The van der Waals surface area contributed by atoms with Gasteiger partial charge in [-0.15, -0.1) is 0 Å². The van der Waals surface area contributed by atoms with Crippen LogP contribution in [0.25, 0.3) is 11.3 Å². The lowest BCUT2D eigenvalue weighted by molar-refractivity contribution is -0.826. The predicted molar refractivity (Wildman–Crippen MR) is 89.2 cm³/mol. The molecular weight excluding hydrogens is 327 g/mol. The van der Waals surface area contributed by atoms with E-state index in [2.05, 4.69) is 5.16 Å². The van der Waals surface area contributed by atoms with Crippen molar-refractivity contribution in [3.8, 4) is 11.3 Å². The molecule has 6 nitrogen and oxygen atoms in total. The van der Waals surface area contributed by atoms with E-state index in [9.17, 15) is 19.1 Å². The standard InChI is InChI=1S/C18H21FN2O4/c1-11(2)9-15(18(23)24)21(3,4)17(22)14-10-16(25-20-14)12-5-7-13(19)8-6-12/h5-8,10-11,15H,9H2,1-4H3/p+1. The van der Waals surface area contributed by atoms with Crippen LogP contribution in [-0.4, -0.2) is 46.8 Å². The predicted octanol–water partition coefficient (Wildman–Crippen LogP) is 3.20. The van der Waals surface area contributed by atoms with Crippen LogP contribution < -0.4 is 0 Å². The number of carbonyl (C=O) groups excluding carboxylic acids is 1. The quantitative estimate of drug-likeness (QED) is 0.810. The highest BCUT2D eigenvalue weighted by atomic mass is 19.1. The van der Waals surface area contributed by atoms with Crippen molar-refractivity contribution in [2.75, 3.05) is 14.1 Å². The summed E-state index contributed by atoms with van der Waals surface area (Å²) in [4.78, 5) is 24.4. The molecular formula is C18H22FN2O4+. The minimum absolute atomic E-state index is 0.0410. The van der Waals surface area contributed by atoms with Crippen molar-refractivity contribution in [1.29, 1.82) is 0 Å². The van der Waals surface area contributed by atoms with E-state index in [4.69, 9.17) is 4.52 Å². The number of likely N-dealkylation sites (N-methyl/N-ethyl adjacent to an activating group) is 1. The third-order valence-electron chi connectivity index (χ3n) is 4.14. The smallest absolute Gasteiger partial charge is 0.368 e. The first-order valence-electron chi connectivity index (χ1n) is 7.97. The summed E-state index contributed by atoms with van der Waals surface area (Å²) < 4.78 is 17.8. The molecule has 1 unspecified atom stereocenters. The van der Waals surface area contributed by atoms with Crippen LogP contribution in [0.1, 0.15) is 30.8 Å². The maximum atomic E-state index is 13.0. The number of carbonyl (C=O) groups is 2. The molecule has 0 saturated heterocycles. The van der Waals surface area contributed by atoms with Crippen LogP contribution in [0.2, 0.25) is 0 Å². The highest BCUT2D eigenvalue weighted by Crippen LogP contribution is 2.24. The summed E-state index contributed by atoms with van der Waals surface area (Å²) in [6.45, 7) is 3.81. The normalized spacial score (nSPS) is 13.0. The van der Waals surface area contributed by atoms with Crippen LogP contribution in [0.3, 0.4) is 0 Å². The molecule has 0 radical (unpaired) electrons. The van der Waals surface area contributed by atoms with Crippen LogP contribution >= 0.6 is 0 Å². The maximum Gasteiger partial charge on any atom is 0.368 e. The summed E-state index contributed by atoms with van der Waals surface area (Å²) in [7, 11) is 3.10. The lowest BCUT2D eigenvalue weighted by Gasteiger charge is -2.32. The molecule has 2 rings (SSSR count). The van der Waals surface area contributed by atoms with Gasteiger partial charge in [0.05, 0.1) is 14.1 Å². The van der Waals surface area contributed by atoms with Crippen molar-refractivity contribution in [1.82, 2.24) is 5.16 Å². The molecule has 0 aliphatic heterocycles. The second-order valence-electron chi connectivity index (χ2n) is 6.91. The zero-order chi connectivity index (χ0) is 18.8. The number of nitrogens with zero attached hydrogens (tertiary/aromatic N) is 2. The molecule has 2 aromatic rings. The van der Waals surface area contributed by atoms with Gasteiger partial charge in [-0.2, -0.15) is 0 Å². The lowest BCUT2D eigenvalue weighted by atomic mass is 10.0. The number of aromatic nitrogens is 1. The Morgan fingerprint density at radius 3 is 2.36 bits per heavy atom. The Hall–Kier alpha value is -2.54. The van der Waals surface area contributed by atoms with Crippen molar-refractivity contribution in [3.63, 3.8) is 0 Å². The van der Waals surface area contributed by atoms with Gasteiger partial charge in [-0.3, -0.25) is 0 Å². The van der Waals surface area contributed by atoms with Crippen molar-refractivity contribution < 1.29 is 28.1 Å². The molecule has 1 heterocycles. The number of hydrogen-bond acceptors (Lipinski definition) is 4. The van der Waals surface area contributed by atoms with Crippen molar-refractivity contribution in [3.05, 3.63) is 41.8 Å². The van der Waals surface area contributed by atoms with E-state index in [0.29, 0.717) is 17.7 Å². The number of rotatable bonds is 6. The number of amides is 1. The SMILES string of the molecule is CC(C)CC(C(=O)O)[N+](C)(C)C(=O)c1cc(-c2ccc(F)cc2)on1. The average Bonchev–Trinajstić information content (AvgIpc) is 3.01. The third-order valence-corrected chi connectivity index (χ3v) is 4.14. The highest BCUT2D eigenvalue weighted by molar-refractivity contribution is 5.89. The lowest BCUT2D eigenvalue weighted by Crippen LogP contribution is -2.57. The van der Waals surface area contributed by atoms with Gasteiger partial charge in [0.15, 0.2) is 11.8 Å². The molecule has 0 spiro atoms. The first-order valence-corrected chi connectivity index (χ1v) is 7.97. The van der Waals surface area contributed by atoms with E-state index < -0.39 is 17.9 Å². The van der Waals surface area contributed by atoms with Crippen LogP contribution in [0.15, 0.2) is 34.9 Å². The largest absolute Gasteiger partial charge is 0.477 e. The Balaban J connectivity index is 2.29. The van der Waals surface area contributed by atoms with Gasteiger partial charge in [0.1, 0.15) is 5.82 Å². The molecule has 0 fully saturated rings. The third kappa shape index (κ3) is 4.11. The molecule has 134 valence electrons. The van der Waals surface area contributed by atoms with Gasteiger partial charge in [0, 0.05) is 18.1 Å². The molecule has 25 heavy (non-hydrogen) atoms. The monoisotopic (exact) mass is 349 g/mol. The van der Waals surface area contributed by atoms with Gasteiger partial charge >= 0.3 is 11.9 Å². The molecule has 1 aromatic heterocycles. The second kappa shape index (κ2) is 7.14. The minimum Gasteiger partial charge on any atom is -0.477 e. The Kier molecular flexibility index (Phi) is 5.37.